The van der Waals surface area contributed by atoms with E-state index in [0.29, 0.717) is 19.1 Å². The van der Waals surface area contributed by atoms with Gasteiger partial charge in [0.2, 0.25) is 0 Å². The first-order chi connectivity index (χ1) is 9.39. The average Bonchev–Trinajstić information content (AvgIpc) is 2.31. The van der Waals surface area contributed by atoms with Gasteiger partial charge in [0.25, 0.3) is 0 Å². The number of carbonyl (C=O) groups is 1. The first-order valence-corrected chi connectivity index (χ1v) is 7.99. The van der Waals surface area contributed by atoms with Crippen LogP contribution in [-0.4, -0.2) is 42.0 Å². The van der Waals surface area contributed by atoms with Crippen LogP contribution in [0.4, 0.5) is 10.5 Å². The molecule has 1 amide bonds. The quantitative estimate of drug-likeness (QED) is 0.867. The van der Waals surface area contributed by atoms with E-state index in [1.807, 2.05) is 32.9 Å². The average molecular weight is 294 g/mol. The summed E-state index contributed by atoms with van der Waals surface area (Å²) in [5.41, 5.74) is 0.704. The van der Waals surface area contributed by atoms with Crippen LogP contribution in [0.1, 0.15) is 20.8 Å². The maximum Gasteiger partial charge on any atom is 0.410 e. The molecule has 20 heavy (non-hydrogen) atoms. The number of rotatable bonds is 3. The van der Waals surface area contributed by atoms with Crippen molar-refractivity contribution in [1.82, 2.24) is 4.90 Å². The number of hydrogen-bond donors (Lipinski definition) is 1. The summed E-state index contributed by atoms with van der Waals surface area (Å²) in [6, 6.07) is 8.52. The van der Waals surface area contributed by atoms with Crippen LogP contribution in [0.15, 0.2) is 29.2 Å². The van der Waals surface area contributed by atoms with Crippen LogP contribution in [-0.2, 0) is 4.74 Å². The highest BCUT2D eigenvalue weighted by molar-refractivity contribution is 7.98. The molecular weight excluding hydrogens is 272 g/mol. The largest absolute Gasteiger partial charge is 0.444 e. The van der Waals surface area contributed by atoms with Crippen molar-refractivity contribution in [2.75, 3.05) is 24.7 Å². The zero-order valence-corrected chi connectivity index (χ0v) is 13.3. The minimum absolute atomic E-state index is 0.228. The van der Waals surface area contributed by atoms with Crippen molar-refractivity contribution in [3.8, 4) is 0 Å². The number of para-hydroxylation sites is 1. The van der Waals surface area contributed by atoms with E-state index in [1.165, 1.54) is 4.90 Å². The van der Waals surface area contributed by atoms with Crippen LogP contribution in [0.25, 0.3) is 0 Å². The summed E-state index contributed by atoms with van der Waals surface area (Å²) in [7, 11) is 0. The predicted octanol–water partition coefficient (Wildman–Crippen LogP) is 3.44. The van der Waals surface area contributed by atoms with Crippen LogP contribution in [0.2, 0.25) is 0 Å². The third-order valence-electron chi connectivity index (χ3n) is 3.00. The Morgan fingerprint density at radius 2 is 2.00 bits per heavy atom. The van der Waals surface area contributed by atoms with Crippen molar-refractivity contribution >= 4 is 23.5 Å². The van der Waals surface area contributed by atoms with E-state index in [2.05, 4.69) is 23.7 Å². The van der Waals surface area contributed by atoms with E-state index in [9.17, 15) is 4.79 Å². The molecule has 0 atom stereocenters. The summed E-state index contributed by atoms with van der Waals surface area (Å²) in [6.45, 7) is 7.04. The summed E-state index contributed by atoms with van der Waals surface area (Å²) in [5, 5.41) is 3.48. The molecule has 1 aliphatic heterocycles. The van der Waals surface area contributed by atoms with Crippen LogP contribution >= 0.6 is 11.8 Å². The van der Waals surface area contributed by atoms with E-state index < -0.39 is 5.60 Å². The topological polar surface area (TPSA) is 41.6 Å². The van der Waals surface area contributed by atoms with Gasteiger partial charge in [0.05, 0.1) is 6.04 Å². The molecule has 1 aromatic rings. The molecule has 110 valence electrons. The standard InChI is InChI=1S/C15H22N2O2S/c1-15(2,3)19-14(18)17-9-11(10-17)16-12-7-5-6-8-13(12)20-4/h5-8,11,16H,9-10H2,1-4H3. The number of thioether (sulfide) groups is 1. The Morgan fingerprint density at radius 1 is 1.35 bits per heavy atom. The smallest absolute Gasteiger partial charge is 0.410 e. The minimum atomic E-state index is -0.430. The number of hydrogen-bond acceptors (Lipinski definition) is 4. The van der Waals surface area contributed by atoms with Crippen LogP contribution in [0.3, 0.4) is 0 Å². The zero-order valence-electron chi connectivity index (χ0n) is 12.5. The zero-order chi connectivity index (χ0) is 14.8. The molecule has 0 bridgehead atoms. The van der Waals surface area contributed by atoms with Gasteiger partial charge in [-0.05, 0) is 39.2 Å². The van der Waals surface area contributed by atoms with Gasteiger partial charge in [0.1, 0.15) is 5.60 Å². The van der Waals surface area contributed by atoms with E-state index in [0.717, 1.165) is 5.69 Å². The second kappa shape index (κ2) is 5.95. The third-order valence-corrected chi connectivity index (χ3v) is 3.80. The molecule has 1 fully saturated rings. The fraction of sp³-hybridized carbons (Fsp3) is 0.533. The Kier molecular flexibility index (Phi) is 4.48. The van der Waals surface area contributed by atoms with E-state index >= 15 is 0 Å². The predicted molar refractivity (Wildman–Crippen MR) is 83.4 cm³/mol. The highest BCUT2D eigenvalue weighted by atomic mass is 32.2. The number of nitrogens with one attached hydrogen (secondary N) is 1. The molecular formula is C15H22N2O2S. The van der Waals surface area contributed by atoms with Crippen molar-refractivity contribution in [2.45, 2.75) is 37.3 Å². The lowest BCUT2D eigenvalue weighted by molar-refractivity contribution is 0.0105. The third kappa shape index (κ3) is 3.82. The van der Waals surface area contributed by atoms with E-state index in [1.54, 1.807) is 16.7 Å². The Balaban J connectivity index is 1.84. The van der Waals surface area contributed by atoms with Gasteiger partial charge in [0.15, 0.2) is 0 Å². The van der Waals surface area contributed by atoms with Gasteiger partial charge in [-0.2, -0.15) is 0 Å². The summed E-state index contributed by atoms with van der Waals surface area (Å²) < 4.78 is 5.34. The Bertz CT molecular complexity index is 479. The van der Waals surface area contributed by atoms with Crippen LogP contribution in [0.5, 0.6) is 0 Å². The van der Waals surface area contributed by atoms with Gasteiger partial charge in [-0.3, -0.25) is 0 Å². The van der Waals surface area contributed by atoms with Crippen molar-refractivity contribution in [1.29, 1.82) is 0 Å². The molecule has 0 spiro atoms. The first kappa shape index (κ1) is 15.0. The van der Waals surface area contributed by atoms with Crippen LogP contribution in [0, 0.1) is 0 Å². The van der Waals surface area contributed by atoms with Crippen molar-refractivity contribution in [3.63, 3.8) is 0 Å². The maximum atomic E-state index is 11.8. The summed E-state index contributed by atoms with van der Waals surface area (Å²) in [4.78, 5) is 14.8. The van der Waals surface area contributed by atoms with Gasteiger partial charge in [0, 0.05) is 23.7 Å². The Labute approximate surface area is 124 Å². The normalized spacial score (nSPS) is 15.7. The molecule has 2 rings (SSSR count). The molecule has 1 aliphatic rings. The van der Waals surface area contributed by atoms with E-state index in [-0.39, 0.29) is 6.09 Å². The lowest BCUT2D eigenvalue weighted by Gasteiger charge is -2.40. The molecule has 0 unspecified atom stereocenters. The second-order valence-corrected chi connectivity index (χ2v) is 6.77. The minimum Gasteiger partial charge on any atom is -0.444 e. The van der Waals surface area contributed by atoms with Gasteiger partial charge < -0.3 is 15.0 Å². The van der Waals surface area contributed by atoms with Crippen LogP contribution < -0.4 is 5.32 Å². The molecule has 0 saturated carbocycles. The number of anilines is 1. The van der Waals surface area contributed by atoms with Crippen molar-refractivity contribution < 1.29 is 9.53 Å². The monoisotopic (exact) mass is 294 g/mol. The lowest BCUT2D eigenvalue weighted by Crippen LogP contribution is -2.57. The lowest BCUT2D eigenvalue weighted by atomic mass is 10.1. The van der Waals surface area contributed by atoms with Gasteiger partial charge in [-0.25, -0.2) is 4.79 Å². The molecule has 1 heterocycles. The molecule has 1 aromatic carbocycles. The molecule has 0 radical (unpaired) electrons. The SMILES string of the molecule is CSc1ccccc1NC1CN(C(=O)OC(C)(C)C)C1. The summed E-state index contributed by atoms with van der Waals surface area (Å²) in [6.07, 6.45) is 1.84. The number of nitrogens with zero attached hydrogens (tertiary/aromatic N) is 1. The Morgan fingerprint density at radius 3 is 2.60 bits per heavy atom. The van der Waals surface area contributed by atoms with Gasteiger partial charge in [-0.15, -0.1) is 11.8 Å². The fourth-order valence-corrected chi connectivity index (χ4v) is 2.59. The molecule has 1 saturated heterocycles. The number of benzene rings is 1. The molecule has 4 nitrogen and oxygen atoms in total. The second-order valence-electron chi connectivity index (χ2n) is 5.93. The molecule has 1 N–H and O–H groups in total. The summed E-state index contributed by atoms with van der Waals surface area (Å²) in [5.74, 6) is 0. The number of amides is 1. The van der Waals surface area contributed by atoms with Crippen molar-refractivity contribution in [3.05, 3.63) is 24.3 Å². The fourth-order valence-electron chi connectivity index (χ4n) is 2.03. The number of likely N-dealkylation sites (tertiary alicyclic amines) is 1. The van der Waals surface area contributed by atoms with E-state index in [4.69, 9.17) is 4.74 Å². The number of ether oxygens (including phenoxy) is 1. The van der Waals surface area contributed by atoms with Crippen molar-refractivity contribution in [2.24, 2.45) is 0 Å². The summed E-state index contributed by atoms with van der Waals surface area (Å²) >= 11 is 1.72. The Hall–Kier alpha value is -1.36. The molecule has 5 heteroatoms. The van der Waals surface area contributed by atoms with Gasteiger partial charge >= 0.3 is 6.09 Å². The highest BCUT2D eigenvalue weighted by Crippen LogP contribution is 2.27. The highest BCUT2D eigenvalue weighted by Gasteiger charge is 2.33. The van der Waals surface area contributed by atoms with Gasteiger partial charge in [-0.1, -0.05) is 12.1 Å². The maximum absolute atomic E-state index is 11.8. The molecule has 0 aliphatic carbocycles. The number of carbonyl (C=O) groups excluding carboxylic acids is 1. The first-order valence-electron chi connectivity index (χ1n) is 6.76. The molecule has 0 aromatic heterocycles.